The molecule has 1 aromatic heterocycles. The highest BCUT2D eigenvalue weighted by Gasteiger charge is 2.17. The molecule has 1 heterocycles. The molecule has 0 bridgehead atoms. The Kier molecular flexibility index (Phi) is 5.48. The number of nitrogens with one attached hydrogen (secondary N) is 2. The predicted molar refractivity (Wildman–Crippen MR) is 102 cm³/mol. The smallest absolute Gasteiger partial charge is 0.237 e. The number of Topliss-reactive ketones (excluding diaryl/α,β-unsaturated/α-hetero) is 1. The zero-order valence-corrected chi connectivity index (χ0v) is 15.2. The Bertz CT molecular complexity index is 907. The zero-order chi connectivity index (χ0) is 18.5. The molecule has 2 aromatic carbocycles. The van der Waals surface area contributed by atoms with Crippen LogP contribution in [-0.2, 0) is 4.79 Å². The molecule has 1 atom stereocenters. The minimum atomic E-state index is -0.373. The average molecular weight is 366 g/mol. The quantitative estimate of drug-likeness (QED) is 0.512. The average Bonchev–Trinajstić information content (AvgIpc) is 3.11. The number of nitrogens with zero attached hydrogens (tertiary/aromatic N) is 2. The van der Waals surface area contributed by atoms with Gasteiger partial charge in [0.15, 0.2) is 11.6 Å². The standard InChI is InChI=1S/C19H18N4O2S/c1-12(24)14-8-10-16(11-9-14)20-18(25)13(2)26-19-21-17(22-23-19)15-6-4-3-5-7-15/h3-11,13H,1-2H3,(H,20,25)(H,21,22,23)/t13-/m0/s1. The summed E-state index contributed by atoms with van der Waals surface area (Å²) < 4.78 is 0. The fraction of sp³-hybridized carbons (Fsp3) is 0.158. The Balaban J connectivity index is 1.61. The van der Waals surface area contributed by atoms with Crippen molar-refractivity contribution < 1.29 is 9.59 Å². The number of hydrogen-bond donors (Lipinski definition) is 2. The van der Waals surface area contributed by atoms with E-state index in [-0.39, 0.29) is 16.9 Å². The highest BCUT2D eigenvalue weighted by Crippen LogP contribution is 2.23. The molecule has 7 heteroatoms. The summed E-state index contributed by atoms with van der Waals surface area (Å²) in [6.07, 6.45) is 0. The number of carbonyl (C=O) groups excluding carboxylic acids is 2. The van der Waals surface area contributed by atoms with Crippen molar-refractivity contribution in [3.8, 4) is 11.4 Å². The topological polar surface area (TPSA) is 87.7 Å². The largest absolute Gasteiger partial charge is 0.325 e. The zero-order valence-electron chi connectivity index (χ0n) is 14.4. The van der Waals surface area contributed by atoms with Gasteiger partial charge < -0.3 is 5.32 Å². The number of ketones is 1. The maximum absolute atomic E-state index is 12.3. The molecule has 0 aliphatic carbocycles. The van der Waals surface area contributed by atoms with E-state index >= 15 is 0 Å². The Morgan fingerprint density at radius 2 is 1.77 bits per heavy atom. The molecule has 0 radical (unpaired) electrons. The van der Waals surface area contributed by atoms with Crippen molar-refractivity contribution in [3.63, 3.8) is 0 Å². The van der Waals surface area contributed by atoms with Crippen LogP contribution in [0.4, 0.5) is 5.69 Å². The van der Waals surface area contributed by atoms with Crippen LogP contribution in [0.5, 0.6) is 0 Å². The van der Waals surface area contributed by atoms with E-state index in [2.05, 4.69) is 20.5 Å². The first-order valence-electron chi connectivity index (χ1n) is 8.09. The number of benzene rings is 2. The normalized spacial score (nSPS) is 11.8. The van der Waals surface area contributed by atoms with Crippen LogP contribution in [-0.4, -0.2) is 32.1 Å². The van der Waals surface area contributed by atoms with Crippen LogP contribution in [0.3, 0.4) is 0 Å². The van der Waals surface area contributed by atoms with Gasteiger partial charge in [-0.1, -0.05) is 42.1 Å². The molecule has 0 aliphatic heterocycles. The van der Waals surface area contributed by atoms with Gasteiger partial charge in [-0.2, -0.15) is 0 Å². The van der Waals surface area contributed by atoms with E-state index < -0.39 is 0 Å². The summed E-state index contributed by atoms with van der Waals surface area (Å²) in [6, 6.07) is 16.5. The second-order valence-electron chi connectivity index (χ2n) is 5.72. The van der Waals surface area contributed by atoms with Crippen LogP contribution in [0, 0.1) is 0 Å². The lowest BCUT2D eigenvalue weighted by molar-refractivity contribution is -0.115. The third-order valence-corrected chi connectivity index (χ3v) is 4.68. The molecule has 3 rings (SSSR count). The van der Waals surface area contributed by atoms with Gasteiger partial charge in [0.25, 0.3) is 0 Å². The fourth-order valence-corrected chi connectivity index (χ4v) is 2.99. The summed E-state index contributed by atoms with van der Waals surface area (Å²) in [5.74, 6) is 0.503. The lowest BCUT2D eigenvalue weighted by Gasteiger charge is -2.10. The van der Waals surface area contributed by atoms with Crippen LogP contribution >= 0.6 is 11.8 Å². The molecule has 26 heavy (non-hydrogen) atoms. The van der Waals surface area contributed by atoms with Gasteiger partial charge in [0, 0.05) is 16.8 Å². The van der Waals surface area contributed by atoms with E-state index in [9.17, 15) is 9.59 Å². The predicted octanol–water partition coefficient (Wildman–Crippen LogP) is 3.79. The number of aromatic amines is 1. The molecule has 0 fully saturated rings. The molecule has 132 valence electrons. The summed E-state index contributed by atoms with van der Waals surface area (Å²) in [7, 11) is 0. The first-order chi connectivity index (χ1) is 12.5. The third kappa shape index (κ3) is 4.37. The summed E-state index contributed by atoms with van der Waals surface area (Å²) in [5.41, 5.74) is 2.20. The number of thioether (sulfide) groups is 1. The van der Waals surface area contributed by atoms with Crippen molar-refractivity contribution >= 4 is 29.1 Å². The molecule has 0 saturated heterocycles. The first kappa shape index (κ1) is 17.9. The van der Waals surface area contributed by atoms with E-state index in [1.165, 1.54) is 18.7 Å². The molecule has 2 N–H and O–H groups in total. The Labute approximate surface area is 155 Å². The lowest BCUT2D eigenvalue weighted by atomic mass is 10.1. The van der Waals surface area contributed by atoms with Crippen molar-refractivity contribution in [1.29, 1.82) is 0 Å². The van der Waals surface area contributed by atoms with Gasteiger partial charge in [0.05, 0.1) is 5.25 Å². The SMILES string of the molecule is CC(=O)c1ccc(NC(=O)[C@H](C)Sc2n[nH]c(-c3ccccc3)n2)cc1. The lowest BCUT2D eigenvalue weighted by Crippen LogP contribution is -2.22. The van der Waals surface area contributed by atoms with Crippen molar-refractivity contribution in [2.45, 2.75) is 24.3 Å². The molecular weight excluding hydrogens is 348 g/mol. The van der Waals surface area contributed by atoms with Crippen molar-refractivity contribution in [3.05, 3.63) is 60.2 Å². The monoisotopic (exact) mass is 366 g/mol. The number of H-pyrrole nitrogens is 1. The molecule has 0 spiro atoms. The van der Waals surface area contributed by atoms with Gasteiger partial charge in [0.2, 0.25) is 11.1 Å². The number of amides is 1. The van der Waals surface area contributed by atoms with E-state index in [1.807, 2.05) is 30.3 Å². The summed E-state index contributed by atoms with van der Waals surface area (Å²) in [6.45, 7) is 3.30. The maximum Gasteiger partial charge on any atom is 0.237 e. The highest BCUT2D eigenvalue weighted by atomic mass is 32.2. The van der Waals surface area contributed by atoms with E-state index in [0.717, 1.165) is 5.56 Å². The van der Waals surface area contributed by atoms with E-state index in [0.29, 0.717) is 22.2 Å². The first-order valence-corrected chi connectivity index (χ1v) is 8.97. The fourth-order valence-electron chi connectivity index (χ4n) is 2.27. The molecule has 6 nitrogen and oxygen atoms in total. The Morgan fingerprint density at radius 3 is 2.42 bits per heavy atom. The van der Waals surface area contributed by atoms with Crippen molar-refractivity contribution in [2.75, 3.05) is 5.32 Å². The van der Waals surface area contributed by atoms with Crippen molar-refractivity contribution in [1.82, 2.24) is 15.2 Å². The van der Waals surface area contributed by atoms with Gasteiger partial charge in [-0.25, -0.2) is 4.98 Å². The molecule has 0 unspecified atom stereocenters. The third-order valence-electron chi connectivity index (χ3n) is 3.72. The minimum Gasteiger partial charge on any atom is -0.325 e. The molecule has 0 aliphatic rings. The molecule has 0 saturated carbocycles. The van der Waals surface area contributed by atoms with Gasteiger partial charge in [-0.3, -0.25) is 14.7 Å². The summed E-state index contributed by atoms with van der Waals surface area (Å²) in [4.78, 5) is 28.1. The maximum atomic E-state index is 12.3. The number of carbonyl (C=O) groups is 2. The van der Waals surface area contributed by atoms with Crippen molar-refractivity contribution in [2.24, 2.45) is 0 Å². The molecular formula is C19H18N4O2S. The van der Waals surface area contributed by atoms with Gasteiger partial charge in [0.1, 0.15) is 0 Å². The minimum absolute atomic E-state index is 0.00868. The Morgan fingerprint density at radius 1 is 1.08 bits per heavy atom. The number of aromatic nitrogens is 3. The van der Waals surface area contributed by atoms with Crippen LogP contribution in [0.2, 0.25) is 0 Å². The molecule has 1 amide bonds. The number of anilines is 1. The molecule has 3 aromatic rings. The van der Waals surface area contributed by atoms with Crippen LogP contribution in [0.25, 0.3) is 11.4 Å². The van der Waals surface area contributed by atoms with Crippen LogP contribution < -0.4 is 5.32 Å². The van der Waals surface area contributed by atoms with Gasteiger partial charge in [-0.05, 0) is 38.1 Å². The number of rotatable bonds is 6. The summed E-state index contributed by atoms with van der Waals surface area (Å²) in [5, 5.41) is 10.0. The van der Waals surface area contributed by atoms with E-state index in [4.69, 9.17) is 0 Å². The highest BCUT2D eigenvalue weighted by molar-refractivity contribution is 8.00. The second kappa shape index (κ2) is 7.97. The second-order valence-corrected chi connectivity index (χ2v) is 7.02. The Hall–Kier alpha value is -2.93. The summed E-state index contributed by atoms with van der Waals surface area (Å²) >= 11 is 1.27. The van der Waals surface area contributed by atoms with Gasteiger partial charge >= 0.3 is 0 Å². The van der Waals surface area contributed by atoms with Crippen LogP contribution in [0.15, 0.2) is 59.8 Å². The van der Waals surface area contributed by atoms with Gasteiger partial charge in [-0.15, -0.1) is 5.10 Å². The number of hydrogen-bond acceptors (Lipinski definition) is 5. The van der Waals surface area contributed by atoms with Crippen LogP contribution in [0.1, 0.15) is 24.2 Å². The van der Waals surface area contributed by atoms with E-state index in [1.54, 1.807) is 31.2 Å².